The summed E-state index contributed by atoms with van der Waals surface area (Å²) in [5.41, 5.74) is 5.02. The monoisotopic (exact) mass is 446 g/mol. The third-order valence-corrected chi connectivity index (χ3v) is 6.58. The first-order valence-electron chi connectivity index (χ1n) is 10.7. The number of rotatable bonds is 4. The number of carbonyl (C=O) groups is 1. The lowest BCUT2D eigenvalue weighted by Gasteiger charge is -2.33. The fraction of sp³-hybridized carbons (Fsp3) is 0.333. The highest BCUT2D eigenvalue weighted by atomic mass is 32.1. The summed E-state index contributed by atoms with van der Waals surface area (Å²) in [6.07, 6.45) is 0. The molecule has 8 heteroatoms. The van der Waals surface area contributed by atoms with Crippen LogP contribution < -0.4 is 5.32 Å². The van der Waals surface area contributed by atoms with Gasteiger partial charge in [-0.05, 0) is 50.2 Å². The second-order valence-electron chi connectivity index (χ2n) is 7.88. The average molecular weight is 447 g/mol. The molecule has 1 aliphatic heterocycles. The quantitative estimate of drug-likeness (QED) is 0.636. The Labute approximate surface area is 192 Å². The van der Waals surface area contributed by atoms with Gasteiger partial charge in [-0.3, -0.25) is 10.3 Å². The van der Waals surface area contributed by atoms with E-state index < -0.39 is 0 Å². The summed E-state index contributed by atoms with van der Waals surface area (Å²) < 4.78 is 0. The van der Waals surface area contributed by atoms with Gasteiger partial charge in [0.15, 0.2) is 5.13 Å². The van der Waals surface area contributed by atoms with Crippen molar-refractivity contribution in [1.29, 1.82) is 5.26 Å². The number of urea groups is 1. The molecule has 0 saturated carbocycles. The fourth-order valence-electron chi connectivity index (χ4n) is 3.90. The highest BCUT2D eigenvalue weighted by Gasteiger charge is 2.23. The second kappa shape index (κ2) is 9.47. The summed E-state index contributed by atoms with van der Waals surface area (Å²) in [6, 6.07) is 13.5. The van der Waals surface area contributed by atoms with Crippen LogP contribution in [0.1, 0.15) is 23.9 Å². The molecule has 3 heterocycles. The van der Waals surface area contributed by atoms with Gasteiger partial charge in [0, 0.05) is 43.1 Å². The lowest BCUT2D eigenvalue weighted by atomic mass is 10.0. The van der Waals surface area contributed by atoms with E-state index in [1.807, 2.05) is 49.1 Å². The van der Waals surface area contributed by atoms with Crippen LogP contribution in [0.3, 0.4) is 0 Å². The van der Waals surface area contributed by atoms with Crippen LogP contribution in [0.15, 0.2) is 36.4 Å². The van der Waals surface area contributed by atoms with Crippen molar-refractivity contribution >= 4 is 22.5 Å². The summed E-state index contributed by atoms with van der Waals surface area (Å²) in [5, 5.41) is 12.9. The summed E-state index contributed by atoms with van der Waals surface area (Å²) in [4.78, 5) is 27.2. The van der Waals surface area contributed by atoms with Crippen molar-refractivity contribution in [2.75, 3.05) is 38.0 Å². The standard InChI is InChI=1S/C24H26N6OS/c1-4-29-8-10-30(11-9-29)24(31)28-23-27-21(19-7-5-6-18(14-19)15-25)22(32-23)20-12-16(2)26-17(3)13-20/h5-7,12-14H,4,8-11H2,1-3H3,(H,27,28,31). The largest absolute Gasteiger partial charge is 0.323 e. The molecular formula is C24H26N6OS. The van der Waals surface area contributed by atoms with Gasteiger partial charge in [0.2, 0.25) is 0 Å². The lowest BCUT2D eigenvalue weighted by Crippen LogP contribution is -2.49. The number of amides is 2. The molecule has 0 aliphatic carbocycles. The number of nitrogens with one attached hydrogen (secondary N) is 1. The molecule has 1 saturated heterocycles. The Morgan fingerprint density at radius 3 is 2.47 bits per heavy atom. The molecule has 0 spiro atoms. The predicted molar refractivity (Wildman–Crippen MR) is 128 cm³/mol. The van der Waals surface area contributed by atoms with Crippen LogP contribution >= 0.6 is 11.3 Å². The Balaban J connectivity index is 1.68. The van der Waals surface area contributed by atoms with E-state index in [0.717, 1.165) is 52.7 Å². The number of benzene rings is 1. The van der Waals surface area contributed by atoms with E-state index >= 15 is 0 Å². The first kappa shape index (κ1) is 21.9. The first-order valence-corrected chi connectivity index (χ1v) is 11.5. The maximum atomic E-state index is 12.9. The third kappa shape index (κ3) is 4.79. The number of aryl methyl sites for hydroxylation is 2. The van der Waals surface area contributed by atoms with Crippen molar-refractivity contribution < 1.29 is 4.79 Å². The maximum absolute atomic E-state index is 12.9. The van der Waals surface area contributed by atoms with E-state index in [2.05, 4.69) is 28.2 Å². The highest BCUT2D eigenvalue weighted by Crippen LogP contribution is 2.39. The lowest BCUT2D eigenvalue weighted by molar-refractivity contribution is 0.151. The average Bonchev–Trinajstić information content (AvgIpc) is 3.22. The van der Waals surface area contributed by atoms with Crippen molar-refractivity contribution in [3.63, 3.8) is 0 Å². The number of thiazole rings is 1. The summed E-state index contributed by atoms with van der Waals surface area (Å²) in [6.45, 7) is 10.2. The Hall–Kier alpha value is -3.28. The third-order valence-electron chi connectivity index (χ3n) is 5.56. The zero-order valence-electron chi connectivity index (χ0n) is 18.6. The van der Waals surface area contributed by atoms with Gasteiger partial charge >= 0.3 is 6.03 Å². The number of hydrogen-bond acceptors (Lipinski definition) is 6. The maximum Gasteiger partial charge on any atom is 0.323 e. The fourth-order valence-corrected chi connectivity index (χ4v) is 4.87. The molecule has 3 aromatic rings. The SMILES string of the molecule is CCN1CCN(C(=O)Nc2nc(-c3cccc(C#N)c3)c(-c3cc(C)nc(C)c3)s2)CC1. The van der Waals surface area contributed by atoms with Crippen LogP contribution in [0.2, 0.25) is 0 Å². The van der Waals surface area contributed by atoms with Gasteiger partial charge in [-0.1, -0.05) is 30.4 Å². The van der Waals surface area contributed by atoms with Gasteiger partial charge in [0.25, 0.3) is 0 Å². The van der Waals surface area contributed by atoms with Crippen molar-refractivity contribution in [1.82, 2.24) is 19.8 Å². The van der Waals surface area contributed by atoms with Gasteiger partial charge < -0.3 is 9.80 Å². The zero-order chi connectivity index (χ0) is 22.7. The molecule has 0 bridgehead atoms. The Kier molecular flexibility index (Phi) is 6.49. The van der Waals surface area contributed by atoms with Crippen LogP contribution in [-0.2, 0) is 0 Å². The highest BCUT2D eigenvalue weighted by molar-refractivity contribution is 7.19. The molecule has 7 nitrogen and oxygen atoms in total. The Morgan fingerprint density at radius 2 is 1.81 bits per heavy atom. The van der Waals surface area contributed by atoms with Crippen LogP contribution in [0, 0.1) is 25.2 Å². The van der Waals surface area contributed by atoms with E-state index in [0.29, 0.717) is 23.8 Å². The number of pyridine rings is 1. The number of nitrogens with zero attached hydrogens (tertiary/aromatic N) is 5. The molecule has 2 aromatic heterocycles. The number of anilines is 1. The van der Waals surface area contributed by atoms with E-state index in [1.165, 1.54) is 11.3 Å². The molecule has 4 rings (SSSR count). The molecule has 32 heavy (non-hydrogen) atoms. The molecule has 1 fully saturated rings. The number of hydrogen-bond donors (Lipinski definition) is 1. The van der Waals surface area contributed by atoms with Crippen LogP contribution in [0.25, 0.3) is 21.7 Å². The minimum absolute atomic E-state index is 0.125. The van der Waals surface area contributed by atoms with Crippen LogP contribution in [-0.4, -0.2) is 58.5 Å². The van der Waals surface area contributed by atoms with Gasteiger partial charge in [-0.25, -0.2) is 9.78 Å². The van der Waals surface area contributed by atoms with Gasteiger partial charge in [0.1, 0.15) is 0 Å². The molecule has 2 amide bonds. The number of carbonyl (C=O) groups excluding carboxylic acids is 1. The minimum atomic E-state index is -0.125. The van der Waals surface area contributed by atoms with Crippen LogP contribution in [0.5, 0.6) is 0 Å². The normalized spacial score (nSPS) is 14.2. The Morgan fingerprint density at radius 1 is 1.09 bits per heavy atom. The van der Waals surface area contributed by atoms with E-state index in [4.69, 9.17) is 4.98 Å². The van der Waals surface area contributed by atoms with Crippen molar-refractivity contribution in [2.45, 2.75) is 20.8 Å². The zero-order valence-corrected chi connectivity index (χ0v) is 19.4. The van der Waals surface area contributed by atoms with E-state index in [9.17, 15) is 10.1 Å². The number of aromatic nitrogens is 2. The number of nitriles is 1. The van der Waals surface area contributed by atoms with Crippen LogP contribution in [0.4, 0.5) is 9.93 Å². The molecule has 1 aromatic carbocycles. The molecule has 0 atom stereocenters. The molecule has 0 radical (unpaired) electrons. The van der Waals surface area contributed by atoms with Gasteiger partial charge in [0.05, 0.1) is 22.2 Å². The smallest absolute Gasteiger partial charge is 0.322 e. The molecule has 0 unspecified atom stereocenters. The number of piperazine rings is 1. The van der Waals surface area contributed by atoms with Gasteiger partial charge in [-0.2, -0.15) is 5.26 Å². The van der Waals surface area contributed by atoms with E-state index in [-0.39, 0.29) is 6.03 Å². The molecule has 1 N–H and O–H groups in total. The topological polar surface area (TPSA) is 85.1 Å². The molecular weight excluding hydrogens is 420 g/mol. The molecule has 164 valence electrons. The minimum Gasteiger partial charge on any atom is -0.322 e. The summed E-state index contributed by atoms with van der Waals surface area (Å²) >= 11 is 1.44. The van der Waals surface area contributed by atoms with Crippen molar-refractivity contribution in [2.24, 2.45) is 0 Å². The first-order chi connectivity index (χ1) is 15.5. The second-order valence-corrected chi connectivity index (χ2v) is 8.88. The van der Waals surface area contributed by atoms with Gasteiger partial charge in [-0.15, -0.1) is 0 Å². The predicted octanol–water partition coefficient (Wildman–Crippen LogP) is 4.53. The summed E-state index contributed by atoms with van der Waals surface area (Å²) in [7, 11) is 0. The molecule has 1 aliphatic rings. The number of likely N-dealkylation sites (N-methyl/N-ethyl adjacent to an activating group) is 1. The van der Waals surface area contributed by atoms with E-state index in [1.54, 1.807) is 6.07 Å². The summed E-state index contributed by atoms with van der Waals surface area (Å²) in [5.74, 6) is 0. The Bertz CT molecular complexity index is 1150. The van der Waals surface area contributed by atoms with Crippen molar-refractivity contribution in [3.05, 3.63) is 53.3 Å². The van der Waals surface area contributed by atoms with Crippen molar-refractivity contribution in [3.8, 4) is 27.8 Å².